The Hall–Kier alpha value is -1.89. The molecule has 0 bridgehead atoms. The lowest BCUT2D eigenvalue weighted by Crippen LogP contribution is -2.19. The van der Waals surface area contributed by atoms with Crippen LogP contribution >= 0.6 is 0 Å². The quantitative estimate of drug-likeness (QED) is 0.610. The summed E-state index contributed by atoms with van der Waals surface area (Å²) in [6, 6.07) is 6.37. The van der Waals surface area contributed by atoms with Crippen molar-refractivity contribution in [3.63, 3.8) is 0 Å². The van der Waals surface area contributed by atoms with E-state index in [9.17, 15) is 18.0 Å². The first-order valence-corrected chi connectivity index (χ1v) is 7.68. The van der Waals surface area contributed by atoms with Gasteiger partial charge in [-0.25, -0.2) is 8.42 Å². The minimum absolute atomic E-state index is 0.0335. The van der Waals surface area contributed by atoms with E-state index in [0.29, 0.717) is 5.56 Å². The number of carbonyl (C=O) groups is 2. The van der Waals surface area contributed by atoms with Gasteiger partial charge < -0.3 is 4.74 Å². The van der Waals surface area contributed by atoms with Crippen LogP contribution in [0.1, 0.15) is 30.1 Å². The van der Waals surface area contributed by atoms with Crippen molar-refractivity contribution in [3.05, 3.63) is 29.8 Å². The number of benzene rings is 1. The van der Waals surface area contributed by atoms with Crippen molar-refractivity contribution in [2.75, 3.05) is 17.6 Å². The van der Waals surface area contributed by atoms with Crippen molar-refractivity contribution < 1.29 is 22.7 Å². The first-order chi connectivity index (χ1) is 9.35. The summed E-state index contributed by atoms with van der Waals surface area (Å²) in [6.07, 6.45) is 0.190. The third-order valence-electron chi connectivity index (χ3n) is 2.59. The van der Waals surface area contributed by atoms with Crippen molar-refractivity contribution >= 4 is 27.5 Å². The monoisotopic (exact) mass is 299 g/mol. The number of sulfonamides is 1. The van der Waals surface area contributed by atoms with Gasteiger partial charge in [0.1, 0.15) is 0 Å². The lowest BCUT2D eigenvalue weighted by molar-refractivity contribution is -0.140. The number of methoxy groups -OCH3 is 1. The van der Waals surface area contributed by atoms with Gasteiger partial charge in [-0.15, -0.1) is 0 Å². The van der Waals surface area contributed by atoms with Gasteiger partial charge in [-0.3, -0.25) is 14.3 Å². The molecule has 1 rings (SSSR count). The molecule has 1 N–H and O–H groups in total. The van der Waals surface area contributed by atoms with Crippen LogP contribution < -0.4 is 4.72 Å². The molecule has 20 heavy (non-hydrogen) atoms. The molecule has 0 saturated heterocycles. The van der Waals surface area contributed by atoms with Crippen LogP contribution in [-0.2, 0) is 19.6 Å². The van der Waals surface area contributed by atoms with E-state index in [0.717, 1.165) is 0 Å². The highest BCUT2D eigenvalue weighted by atomic mass is 32.2. The average Bonchev–Trinajstić information content (AvgIpc) is 2.38. The zero-order chi connectivity index (χ0) is 15.2. The third-order valence-corrected chi connectivity index (χ3v) is 3.95. The Bertz CT molecular complexity index is 595. The number of para-hydroxylation sites is 1. The zero-order valence-corrected chi connectivity index (χ0v) is 12.2. The number of hydrogen-bond donors (Lipinski definition) is 1. The summed E-state index contributed by atoms with van der Waals surface area (Å²) < 4.78 is 30.5. The smallest absolute Gasteiger partial charge is 0.305 e. The first-order valence-electron chi connectivity index (χ1n) is 6.03. The summed E-state index contributed by atoms with van der Waals surface area (Å²) in [6.45, 7) is 1.37. The number of ketones is 1. The second-order valence-electron chi connectivity index (χ2n) is 4.20. The highest BCUT2D eigenvalue weighted by Crippen LogP contribution is 2.17. The van der Waals surface area contributed by atoms with Crippen LogP contribution in [0.3, 0.4) is 0 Å². The molecule has 1 aromatic rings. The van der Waals surface area contributed by atoms with Gasteiger partial charge in [-0.1, -0.05) is 12.1 Å². The number of Topliss-reactive ketones (excluding diaryl/α,β-unsaturated/α-hetero) is 1. The molecule has 0 aliphatic rings. The zero-order valence-electron chi connectivity index (χ0n) is 11.4. The molecule has 0 radical (unpaired) electrons. The molecule has 0 unspecified atom stereocenters. The van der Waals surface area contributed by atoms with Gasteiger partial charge in [0.25, 0.3) is 0 Å². The predicted molar refractivity (Wildman–Crippen MR) is 75.1 cm³/mol. The number of hydrogen-bond acceptors (Lipinski definition) is 5. The van der Waals surface area contributed by atoms with Gasteiger partial charge in [0, 0.05) is 12.0 Å². The molecule has 7 heteroatoms. The maximum Gasteiger partial charge on any atom is 0.305 e. The highest BCUT2D eigenvalue weighted by Gasteiger charge is 2.15. The average molecular weight is 299 g/mol. The van der Waals surface area contributed by atoms with Crippen molar-refractivity contribution in [1.29, 1.82) is 0 Å². The van der Waals surface area contributed by atoms with Crippen LogP contribution in [0.15, 0.2) is 24.3 Å². The van der Waals surface area contributed by atoms with Gasteiger partial charge in [0.15, 0.2) is 5.78 Å². The summed E-state index contributed by atoms with van der Waals surface area (Å²) >= 11 is 0. The van der Waals surface area contributed by atoms with E-state index in [4.69, 9.17) is 0 Å². The van der Waals surface area contributed by atoms with Crippen molar-refractivity contribution in [1.82, 2.24) is 0 Å². The van der Waals surface area contributed by atoms with E-state index in [2.05, 4.69) is 9.46 Å². The number of nitrogens with one attached hydrogen (secondary N) is 1. The molecule has 0 amide bonds. The number of ether oxygens (including phenoxy) is 1. The summed E-state index contributed by atoms with van der Waals surface area (Å²) in [5.74, 6) is -0.892. The fourth-order valence-corrected chi connectivity index (χ4v) is 2.75. The van der Waals surface area contributed by atoms with Gasteiger partial charge in [0.05, 0.1) is 18.6 Å². The second kappa shape index (κ2) is 7.04. The summed E-state index contributed by atoms with van der Waals surface area (Å²) in [5, 5.41) is 0. The fraction of sp³-hybridized carbons (Fsp3) is 0.385. The first kappa shape index (κ1) is 16.2. The lowest BCUT2D eigenvalue weighted by Gasteiger charge is -2.10. The minimum Gasteiger partial charge on any atom is -0.469 e. The number of carbonyl (C=O) groups excluding carboxylic acids is 2. The van der Waals surface area contributed by atoms with E-state index in [1.54, 1.807) is 18.2 Å². The Morgan fingerprint density at radius 3 is 2.50 bits per heavy atom. The van der Waals surface area contributed by atoms with Gasteiger partial charge >= 0.3 is 5.97 Å². The molecule has 6 nitrogen and oxygen atoms in total. The lowest BCUT2D eigenvalue weighted by atomic mass is 10.1. The molecule has 0 aliphatic heterocycles. The van der Waals surface area contributed by atoms with Gasteiger partial charge in [-0.05, 0) is 25.5 Å². The molecular formula is C13H17NO5S. The van der Waals surface area contributed by atoms with Crippen LogP contribution in [0.2, 0.25) is 0 Å². The van der Waals surface area contributed by atoms with Crippen LogP contribution in [0.4, 0.5) is 5.69 Å². The standard InChI is InChI=1S/C13H17NO5S/c1-10(15)11-6-3-4-7-12(11)14-20(17,18)9-5-8-13(16)19-2/h3-4,6-7,14H,5,8-9H2,1-2H3. The molecule has 0 saturated carbocycles. The van der Waals surface area contributed by atoms with Crippen LogP contribution in [0.25, 0.3) is 0 Å². The fourth-order valence-electron chi connectivity index (χ4n) is 1.61. The SMILES string of the molecule is COC(=O)CCCS(=O)(=O)Nc1ccccc1C(C)=O. The minimum atomic E-state index is -3.60. The second-order valence-corrected chi connectivity index (χ2v) is 6.04. The molecule has 0 aliphatic carbocycles. The van der Waals surface area contributed by atoms with Crippen molar-refractivity contribution in [2.45, 2.75) is 19.8 Å². The highest BCUT2D eigenvalue weighted by molar-refractivity contribution is 7.92. The molecule has 0 heterocycles. The van der Waals surface area contributed by atoms with E-state index >= 15 is 0 Å². The molecule has 1 aromatic carbocycles. The molecule has 0 aromatic heterocycles. The molecular weight excluding hydrogens is 282 g/mol. The number of anilines is 1. The Kier molecular flexibility index (Phi) is 5.69. The predicted octanol–water partition coefficient (Wildman–Crippen LogP) is 1.58. The molecule has 0 atom stereocenters. The Morgan fingerprint density at radius 1 is 1.25 bits per heavy atom. The van der Waals surface area contributed by atoms with Crippen LogP contribution in [-0.4, -0.2) is 33.0 Å². The molecule has 0 spiro atoms. The largest absolute Gasteiger partial charge is 0.469 e. The normalized spacial score (nSPS) is 10.9. The van der Waals surface area contributed by atoms with E-state index < -0.39 is 16.0 Å². The van der Waals surface area contributed by atoms with E-state index in [1.807, 2.05) is 0 Å². The van der Waals surface area contributed by atoms with Crippen molar-refractivity contribution in [2.24, 2.45) is 0 Å². The van der Waals surface area contributed by atoms with Crippen LogP contribution in [0.5, 0.6) is 0 Å². The Balaban J connectivity index is 2.72. The number of rotatable bonds is 7. The maximum absolute atomic E-state index is 11.9. The van der Waals surface area contributed by atoms with Gasteiger partial charge in [0.2, 0.25) is 10.0 Å². The Labute approximate surface area is 118 Å². The van der Waals surface area contributed by atoms with E-state index in [-0.39, 0.29) is 30.1 Å². The topological polar surface area (TPSA) is 89.5 Å². The third kappa shape index (κ3) is 5.00. The Morgan fingerprint density at radius 2 is 1.90 bits per heavy atom. The van der Waals surface area contributed by atoms with Crippen LogP contribution in [0, 0.1) is 0 Å². The van der Waals surface area contributed by atoms with E-state index in [1.165, 1.54) is 20.1 Å². The number of esters is 1. The maximum atomic E-state index is 11.9. The van der Waals surface area contributed by atoms with Gasteiger partial charge in [-0.2, -0.15) is 0 Å². The van der Waals surface area contributed by atoms with Crippen molar-refractivity contribution in [3.8, 4) is 0 Å². The summed E-state index contributed by atoms with van der Waals surface area (Å²) in [7, 11) is -2.36. The molecule has 110 valence electrons. The summed E-state index contributed by atoms with van der Waals surface area (Å²) in [5.41, 5.74) is 0.558. The molecule has 0 fully saturated rings. The summed E-state index contributed by atoms with van der Waals surface area (Å²) in [4.78, 5) is 22.3.